The average molecular weight is 433 g/mol. The molecule has 0 aliphatic rings. The van der Waals surface area contributed by atoms with Crippen molar-refractivity contribution < 1.29 is 14.3 Å². The largest absolute Gasteiger partial charge is 0.497 e. The minimum Gasteiger partial charge on any atom is -0.497 e. The Morgan fingerprint density at radius 2 is 1.76 bits per heavy atom. The van der Waals surface area contributed by atoms with Crippen LogP contribution in [0.5, 0.6) is 11.5 Å². The third kappa shape index (κ3) is 5.21. The first-order chi connectivity index (χ1) is 14.0. The number of anilines is 1. The van der Waals surface area contributed by atoms with Crippen LogP contribution in [0.15, 0.2) is 47.6 Å². The topological polar surface area (TPSA) is 78.3 Å². The minimum atomic E-state index is -0.163. The zero-order valence-corrected chi connectivity index (χ0v) is 17.9. The van der Waals surface area contributed by atoms with Crippen molar-refractivity contribution in [1.82, 2.24) is 14.8 Å². The van der Waals surface area contributed by atoms with Crippen molar-refractivity contribution in [2.24, 2.45) is 0 Å². The molecule has 1 heterocycles. The number of methoxy groups -OCH3 is 2. The van der Waals surface area contributed by atoms with Crippen molar-refractivity contribution in [2.45, 2.75) is 18.6 Å². The molecule has 0 spiro atoms. The molecule has 152 valence electrons. The highest BCUT2D eigenvalue weighted by Crippen LogP contribution is 2.27. The van der Waals surface area contributed by atoms with Crippen molar-refractivity contribution >= 4 is 35.0 Å². The summed E-state index contributed by atoms with van der Waals surface area (Å²) >= 11 is 7.29. The van der Waals surface area contributed by atoms with Crippen molar-refractivity contribution in [2.75, 3.05) is 25.3 Å². The Morgan fingerprint density at radius 1 is 1.10 bits per heavy atom. The second-order valence-electron chi connectivity index (χ2n) is 6.00. The maximum Gasteiger partial charge on any atom is 0.234 e. The Balaban J connectivity index is 1.68. The highest BCUT2D eigenvalue weighted by molar-refractivity contribution is 7.99. The molecule has 0 saturated carbocycles. The number of rotatable bonds is 8. The first kappa shape index (κ1) is 21.0. The van der Waals surface area contributed by atoms with E-state index in [1.165, 1.54) is 11.8 Å². The molecule has 0 radical (unpaired) electrons. The lowest BCUT2D eigenvalue weighted by Crippen LogP contribution is -2.14. The molecule has 3 rings (SSSR count). The van der Waals surface area contributed by atoms with Gasteiger partial charge in [-0.25, -0.2) is 0 Å². The van der Waals surface area contributed by atoms with Crippen LogP contribution in [-0.4, -0.2) is 40.6 Å². The molecule has 0 unspecified atom stereocenters. The molecule has 0 saturated heterocycles. The summed E-state index contributed by atoms with van der Waals surface area (Å²) in [4.78, 5) is 12.4. The number of carbonyl (C=O) groups excluding carboxylic acids is 1. The molecule has 1 amide bonds. The van der Waals surface area contributed by atoms with Gasteiger partial charge >= 0.3 is 0 Å². The molecule has 0 bridgehead atoms. The summed E-state index contributed by atoms with van der Waals surface area (Å²) in [5, 5.41) is 12.7. The van der Waals surface area contributed by atoms with Crippen molar-refractivity contribution in [3.8, 4) is 22.9 Å². The zero-order chi connectivity index (χ0) is 20.8. The number of carbonyl (C=O) groups is 1. The zero-order valence-electron chi connectivity index (χ0n) is 16.3. The van der Waals surface area contributed by atoms with Crippen molar-refractivity contribution in [1.29, 1.82) is 0 Å². The van der Waals surface area contributed by atoms with Gasteiger partial charge in [0.05, 0.1) is 20.0 Å². The number of nitrogens with zero attached hydrogens (tertiary/aromatic N) is 3. The molecule has 7 nitrogen and oxygen atoms in total. The van der Waals surface area contributed by atoms with E-state index < -0.39 is 0 Å². The van der Waals surface area contributed by atoms with Gasteiger partial charge in [0.2, 0.25) is 5.91 Å². The second kappa shape index (κ2) is 9.67. The Hall–Kier alpha value is -2.71. The maximum absolute atomic E-state index is 12.4. The van der Waals surface area contributed by atoms with E-state index in [9.17, 15) is 4.79 Å². The Labute approximate surface area is 178 Å². The molecule has 1 aromatic heterocycles. The van der Waals surface area contributed by atoms with Crippen LogP contribution in [0.1, 0.15) is 6.92 Å². The van der Waals surface area contributed by atoms with Gasteiger partial charge in [-0.15, -0.1) is 10.2 Å². The quantitative estimate of drug-likeness (QED) is 0.532. The van der Waals surface area contributed by atoms with Gasteiger partial charge in [-0.3, -0.25) is 4.79 Å². The predicted molar refractivity (Wildman–Crippen MR) is 115 cm³/mol. The standard InChI is InChI=1S/C20H21ClN4O3S/c1-4-25-19(13-5-7-14(21)8-6-13)23-24-20(25)29-12-18(26)22-15-9-16(27-2)11-17(10-15)28-3/h5-11H,4,12H2,1-3H3,(H,22,26). The summed E-state index contributed by atoms with van der Waals surface area (Å²) in [6.45, 7) is 2.69. The fourth-order valence-electron chi connectivity index (χ4n) is 2.70. The molecular formula is C20H21ClN4O3S. The van der Waals surface area contributed by atoms with E-state index in [0.29, 0.717) is 33.9 Å². The van der Waals surface area contributed by atoms with Crippen LogP contribution in [0.25, 0.3) is 11.4 Å². The lowest BCUT2D eigenvalue weighted by Gasteiger charge is -2.10. The summed E-state index contributed by atoms with van der Waals surface area (Å²) in [6, 6.07) is 12.6. The third-order valence-corrected chi connectivity index (χ3v) is 5.32. The van der Waals surface area contributed by atoms with Crippen LogP contribution >= 0.6 is 23.4 Å². The highest BCUT2D eigenvalue weighted by atomic mass is 35.5. The van der Waals surface area contributed by atoms with Gasteiger partial charge in [-0.05, 0) is 31.2 Å². The van der Waals surface area contributed by atoms with Gasteiger partial charge in [0.25, 0.3) is 0 Å². The maximum atomic E-state index is 12.4. The Bertz CT molecular complexity index is 970. The summed E-state index contributed by atoms with van der Waals surface area (Å²) in [5.41, 5.74) is 1.52. The smallest absolute Gasteiger partial charge is 0.234 e. The van der Waals surface area contributed by atoms with Crippen LogP contribution in [0.4, 0.5) is 5.69 Å². The first-order valence-corrected chi connectivity index (χ1v) is 10.2. The van der Waals surface area contributed by atoms with Crippen LogP contribution in [0.2, 0.25) is 5.02 Å². The number of nitrogens with one attached hydrogen (secondary N) is 1. The summed E-state index contributed by atoms with van der Waals surface area (Å²) in [5.74, 6) is 1.98. The monoisotopic (exact) mass is 432 g/mol. The summed E-state index contributed by atoms with van der Waals surface area (Å²) < 4.78 is 12.4. The lowest BCUT2D eigenvalue weighted by atomic mass is 10.2. The SMILES string of the molecule is CCn1c(SCC(=O)Nc2cc(OC)cc(OC)c2)nnc1-c1ccc(Cl)cc1. The first-order valence-electron chi connectivity index (χ1n) is 8.89. The number of hydrogen-bond donors (Lipinski definition) is 1. The number of halogens is 1. The molecule has 2 aromatic carbocycles. The molecule has 0 fully saturated rings. The van der Waals surface area contributed by atoms with Crippen LogP contribution < -0.4 is 14.8 Å². The fraction of sp³-hybridized carbons (Fsp3) is 0.250. The van der Waals surface area contributed by atoms with Gasteiger partial charge in [0, 0.05) is 41.0 Å². The van der Waals surface area contributed by atoms with Crippen LogP contribution in [0.3, 0.4) is 0 Å². The van der Waals surface area contributed by atoms with Gasteiger partial charge in [0.1, 0.15) is 11.5 Å². The van der Waals surface area contributed by atoms with E-state index in [0.717, 1.165) is 11.4 Å². The van der Waals surface area contributed by atoms with Crippen LogP contribution in [-0.2, 0) is 11.3 Å². The van der Waals surface area contributed by atoms with Gasteiger partial charge < -0.3 is 19.4 Å². The average Bonchev–Trinajstić information content (AvgIpc) is 3.15. The van der Waals surface area contributed by atoms with E-state index in [1.807, 2.05) is 35.8 Å². The van der Waals surface area contributed by atoms with E-state index in [2.05, 4.69) is 15.5 Å². The number of benzene rings is 2. The minimum absolute atomic E-state index is 0.163. The third-order valence-electron chi connectivity index (χ3n) is 4.10. The number of aromatic nitrogens is 3. The summed E-state index contributed by atoms with van der Waals surface area (Å²) in [7, 11) is 3.12. The molecule has 0 aliphatic heterocycles. The van der Waals surface area contributed by atoms with Crippen molar-refractivity contribution in [3.05, 3.63) is 47.5 Å². The molecule has 3 aromatic rings. The Morgan fingerprint density at radius 3 is 2.34 bits per heavy atom. The van der Waals surface area contributed by atoms with E-state index in [-0.39, 0.29) is 11.7 Å². The molecule has 29 heavy (non-hydrogen) atoms. The van der Waals surface area contributed by atoms with Gasteiger partial charge in [-0.2, -0.15) is 0 Å². The van der Waals surface area contributed by atoms with Crippen molar-refractivity contribution in [3.63, 3.8) is 0 Å². The number of amides is 1. The van der Waals surface area contributed by atoms with E-state index in [4.69, 9.17) is 21.1 Å². The number of ether oxygens (including phenoxy) is 2. The molecule has 0 atom stereocenters. The normalized spacial score (nSPS) is 10.6. The lowest BCUT2D eigenvalue weighted by molar-refractivity contribution is -0.113. The summed E-state index contributed by atoms with van der Waals surface area (Å²) in [6.07, 6.45) is 0. The Kier molecular flexibility index (Phi) is 7.00. The molecule has 0 aliphatic carbocycles. The number of hydrogen-bond acceptors (Lipinski definition) is 6. The van der Waals surface area contributed by atoms with Crippen LogP contribution in [0, 0.1) is 0 Å². The molecule has 1 N–H and O–H groups in total. The van der Waals surface area contributed by atoms with E-state index >= 15 is 0 Å². The fourth-order valence-corrected chi connectivity index (χ4v) is 3.63. The number of thioether (sulfide) groups is 1. The molecule has 9 heteroatoms. The highest BCUT2D eigenvalue weighted by Gasteiger charge is 2.15. The predicted octanol–water partition coefficient (Wildman–Crippen LogP) is 4.37. The molecular weight excluding hydrogens is 412 g/mol. The van der Waals surface area contributed by atoms with Gasteiger partial charge in [-0.1, -0.05) is 23.4 Å². The second-order valence-corrected chi connectivity index (χ2v) is 7.37. The van der Waals surface area contributed by atoms with E-state index in [1.54, 1.807) is 32.4 Å². The van der Waals surface area contributed by atoms with Gasteiger partial charge in [0.15, 0.2) is 11.0 Å².